The highest BCUT2D eigenvalue weighted by Crippen LogP contribution is 2.42. The van der Waals surface area contributed by atoms with Gasteiger partial charge in [0, 0.05) is 0 Å². The van der Waals surface area contributed by atoms with Crippen LogP contribution < -0.4 is 4.74 Å². The Morgan fingerprint density at radius 3 is 1.04 bits per heavy atom. The highest BCUT2D eigenvalue weighted by molar-refractivity contribution is 5.57. The van der Waals surface area contributed by atoms with Crippen molar-refractivity contribution < 1.29 is 4.74 Å². The monoisotopic (exact) mass is 374 g/mol. The molecule has 1 rings (SSSR count). The fourth-order valence-electron chi connectivity index (χ4n) is 4.15. The summed E-state index contributed by atoms with van der Waals surface area (Å²) in [5.74, 6) is 1.19. The molecular formula is C26H46O. The van der Waals surface area contributed by atoms with Gasteiger partial charge in [0.25, 0.3) is 0 Å². The Morgan fingerprint density at radius 2 is 0.815 bits per heavy atom. The molecule has 0 radical (unpaired) electrons. The van der Waals surface area contributed by atoms with Gasteiger partial charge < -0.3 is 4.74 Å². The van der Waals surface area contributed by atoms with Crippen molar-refractivity contribution in [1.29, 1.82) is 0 Å². The molecule has 0 atom stereocenters. The van der Waals surface area contributed by atoms with Gasteiger partial charge in [0.05, 0.1) is 0 Å². The second-order valence-corrected chi connectivity index (χ2v) is 11.5. The molecule has 0 heterocycles. The van der Waals surface area contributed by atoms with Crippen molar-refractivity contribution in [2.75, 3.05) is 0 Å². The summed E-state index contributed by atoms with van der Waals surface area (Å²) >= 11 is 0. The summed E-state index contributed by atoms with van der Waals surface area (Å²) in [6.45, 7) is 27.5. The maximum Gasteiger partial charge on any atom is 0.127 e. The first-order valence-electron chi connectivity index (χ1n) is 11.0. The normalized spacial score (nSPS) is 13.2. The van der Waals surface area contributed by atoms with E-state index in [2.05, 4.69) is 83.1 Å². The number of rotatable bonds is 6. The van der Waals surface area contributed by atoms with E-state index in [1.54, 1.807) is 16.7 Å². The van der Waals surface area contributed by atoms with Gasteiger partial charge in [-0.25, -0.2) is 0 Å². The van der Waals surface area contributed by atoms with E-state index in [0.29, 0.717) is 0 Å². The molecule has 0 fully saturated rings. The van der Waals surface area contributed by atoms with Crippen LogP contribution in [0, 0.1) is 10.8 Å². The molecule has 1 heteroatoms. The van der Waals surface area contributed by atoms with E-state index in [0.717, 1.165) is 32.1 Å². The first kappa shape index (κ1) is 24.1. The quantitative estimate of drug-likeness (QED) is 0.495. The summed E-state index contributed by atoms with van der Waals surface area (Å²) in [7, 11) is 0. The maximum atomic E-state index is 6.74. The van der Waals surface area contributed by atoms with Gasteiger partial charge in [0.2, 0.25) is 0 Å². The van der Waals surface area contributed by atoms with Crippen LogP contribution in [0.2, 0.25) is 0 Å². The zero-order chi connectivity index (χ0) is 21.2. The van der Waals surface area contributed by atoms with Gasteiger partial charge >= 0.3 is 0 Å². The van der Waals surface area contributed by atoms with E-state index in [4.69, 9.17) is 4.74 Å². The first-order valence-corrected chi connectivity index (χ1v) is 11.0. The van der Waals surface area contributed by atoms with Gasteiger partial charge in [-0.15, -0.1) is 0 Å². The van der Waals surface area contributed by atoms with Crippen LogP contribution in [0.5, 0.6) is 5.75 Å². The molecule has 0 bridgehead atoms. The first-order chi connectivity index (χ1) is 12.1. The summed E-state index contributed by atoms with van der Waals surface area (Å²) in [6.07, 6.45) is 5.40. The molecule has 156 valence electrons. The molecule has 0 saturated carbocycles. The smallest absolute Gasteiger partial charge is 0.127 e. The predicted octanol–water partition coefficient (Wildman–Crippen LogP) is 7.73. The SMILES string of the molecule is CCc1c(CC)c(CC(C)(C)C)c(OC(C)(C)C)c(CC(C)(C)C)c1CC. The lowest BCUT2D eigenvalue weighted by Gasteiger charge is -2.34. The molecule has 0 aliphatic rings. The van der Waals surface area contributed by atoms with Crippen LogP contribution in [0.4, 0.5) is 0 Å². The van der Waals surface area contributed by atoms with Gasteiger partial charge in [-0.2, -0.15) is 0 Å². The Labute approximate surface area is 170 Å². The third-order valence-corrected chi connectivity index (χ3v) is 4.89. The Hall–Kier alpha value is -0.980. The van der Waals surface area contributed by atoms with E-state index in [1.807, 2.05) is 0 Å². The minimum absolute atomic E-state index is 0.191. The van der Waals surface area contributed by atoms with Crippen molar-refractivity contribution in [3.8, 4) is 5.75 Å². The van der Waals surface area contributed by atoms with Crippen molar-refractivity contribution >= 4 is 0 Å². The molecule has 0 aliphatic carbocycles. The van der Waals surface area contributed by atoms with E-state index >= 15 is 0 Å². The van der Waals surface area contributed by atoms with Crippen LogP contribution >= 0.6 is 0 Å². The third-order valence-electron chi connectivity index (χ3n) is 4.89. The molecule has 1 nitrogen and oxygen atoms in total. The van der Waals surface area contributed by atoms with Crippen LogP contribution in [0.25, 0.3) is 0 Å². The molecule has 1 aromatic carbocycles. The Balaban J connectivity index is 3.97. The predicted molar refractivity (Wildman–Crippen MR) is 121 cm³/mol. The van der Waals surface area contributed by atoms with E-state index in [9.17, 15) is 0 Å². The number of hydrogen-bond donors (Lipinski definition) is 0. The molecular weight excluding hydrogens is 328 g/mol. The minimum atomic E-state index is -0.191. The molecule has 0 unspecified atom stereocenters. The van der Waals surface area contributed by atoms with E-state index < -0.39 is 0 Å². The second-order valence-electron chi connectivity index (χ2n) is 11.5. The highest BCUT2D eigenvalue weighted by atomic mass is 16.5. The van der Waals surface area contributed by atoms with Crippen molar-refractivity contribution in [3.63, 3.8) is 0 Å². The molecule has 0 saturated heterocycles. The van der Waals surface area contributed by atoms with E-state index in [1.165, 1.54) is 16.9 Å². The Kier molecular flexibility index (Phi) is 7.64. The lowest BCUT2D eigenvalue weighted by molar-refractivity contribution is 0.125. The van der Waals surface area contributed by atoms with Crippen LogP contribution in [0.15, 0.2) is 0 Å². The standard InChI is InChI=1S/C26H46O/c1-13-18-19(14-2)21(16-24(4,5)6)23(27-26(10,11)12)22(20(18)15-3)17-25(7,8)9/h13-17H2,1-12H3. The van der Waals surface area contributed by atoms with Gasteiger partial charge in [-0.3, -0.25) is 0 Å². The van der Waals surface area contributed by atoms with Gasteiger partial charge in [-0.1, -0.05) is 62.3 Å². The third kappa shape index (κ3) is 6.84. The molecule has 0 N–H and O–H groups in total. The highest BCUT2D eigenvalue weighted by Gasteiger charge is 2.29. The summed E-state index contributed by atoms with van der Waals surface area (Å²) < 4.78 is 6.74. The topological polar surface area (TPSA) is 9.23 Å². The van der Waals surface area contributed by atoms with Crippen LogP contribution in [0.3, 0.4) is 0 Å². The lowest BCUT2D eigenvalue weighted by Crippen LogP contribution is -2.27. The molecule has 0 amide bonds. The summed E-state index contributed by atoms with van der Waals surface area (Å²) in [6, 6.07) is 0. The van der Waals surface area contributed by atoms with Gasteiger partial charge in [-0.05, 0) is 91.5 Å². The number of hydrogen-bond acceptors (Lipinski definition) is 1. The Morgan fingerprint density at radius 1 is 0.519 bits per heavy atom. The summed E-state index contributed by atoms with van der Waals surface area (Å²) in [5.41, 5.74) is 7.88. The van der Waals surface area contributed by atoms with Crippen LogP contribution in [-0.2, 0) is 32.1 Å². The number of benzene rings is 1. The molecule has 0 spiro atoms. The van der Waals surface area contributed by atoms with Crippen LogP contribution in [-0.4, -0.2) is 5.60 Å². The Bertz CT molecular complexity index is 585. The van der Waals surface area contributed by atoms with Gasteiger partial charge in [0.15, 0.2) is 0 Å². The van der Waals surface area contributed by atoms with Crippen molar-refractivity contribution in [3.05, 3.63) is 27.8 Å². The van der Waals surface area contributed by atoms with Gasteiger partial charge in [0.1, 0.15) is 11.4 Å². The average Bonchev–Trinajstić information content (AvgIpc) is 2.46. The van der Waals surface area contributed by atoms with Crippen molar-refractivity contribution in [2.24, 2.45) is 10.8 Å². The maximum absolute atomic E-state index is 6.74. The van der Waals surface area contributed by atoms with E-state index in [-0.39, 0.29) is 16.4 Å². The fourth-order valence-corrected chi connectivity index (χ4v) is 4.15. The fraction of sp³-hybridized carbons (Fsp3) is 0.769. The number of ether oxygens (including phenoxy) is 1. The summed E-state index contributed by atoms with van der Waals surface area (Å²) in [5, 5.41) is 0. The molecule has 1 aromatic rings. The molecule has 27 heavy (non-hydrogen) atoms. The summed E-state index contributed by atoms with van der Waals surface area (Å²) in [4.78, 5) is 0. The minimum Gasteiger partial charge on any atom is -0.488 e. The second kappa shape index (κ2) is 8.58. The average molecular weight is 375 g/mol. The zero-order valence-corrected chi connectivity index (χ0v) is 20.4. The van der Waals surface area contributed by atoms with Crippen molar-refractivity contribution in [1.82, 2.24) is 0 Å². The molecule has 0 aliphatic heterocycles. The van der Waals surface area contributed by atoms with Crippen LogP contribution in [0.1, 0.15) is 111 Å². The lowest BCUT2D eigenvalue weighted by atomic mass is 9.76. The zero-order valence-electron chi connectivity index (χ0n) is 20.4. The largest absolute Gasteiger partial charge is 0.488 e. The van der Waals surface area contributed by atoms with Crippen molar-refractivity contribution in [2.45, 2.75) is 121 Å². The molecule has 0 aromatic heterocycles.